The molecule has 2 heterocycles. The van der Waals surface area contributed by atoms with Gasteiger partial charge in [0.15, 0.2) is 28.6 Å². The number of nitrogens with one attached hydrogen (secondary N) is 1. The molecular formula is C27H26N4O3S. The minimum Gasteiger partial charge on any atom is -0.485 e. The van der Waals surface area contributed by atoms with Crippen molar-refractivity contribution >= 4 is 17.7 Å². The van der Waals surface area contributed by atoms with Gasteiger partial charge in [0.05, 0.1) is 11.3 Å². The van der Waals surface area contributed by atoms with Crippen molar-refractivity contribution in [3.05, 3.63) is 102 Å². The van der Waals surface area contributed by atoms with E-state index in [1.807, 2.05) is 103 Å². The van der Waals surface area contributed by atoms with E-state index in [1.54, 1.807) is 0 Å². The number of rotatable bonds is 7. The first-order chi connectivity index (χ1) is 17.1. The lowest BCUT2D eigenvalue weighted by Crippen LogP contribution is -2.35. The molecule has 0 radical (unpaired) electrons. The standard InChI is InChI=1S/C27H26N4O3S/c1-18(26(32)28-24(19-11-5-3-6-12-19)20-13-7-4-8-14-20)35-27-30-29-25(31(27)2)23-17-33-21-15-9-10-16-22(21)34-23/h3-16,18,23-24H,17H2,1-2H3,(H,28,32). The molecule has 35 heavy (non-hydrogen) atoms. The molecule has 1 aliphatic heterocycles. The average Bonchev–Trinajstić information content (AvgIpc) is 3.27. The molecule has 178 valence electrons. The van der Waals surface area contributed by atoms with Crippen LogP contribution in [-0.2, 0) is 11.8 Å². The topological polar surface area (TPSA) is 78.3 Å². The summed E-state index contributed by atoms with van der Waals surface area (Å²) in [5.74, 6) is 1.98. The normalized spacial score (nSPS) is 15.6. The van der Waals surface area contributed by atoms with Gasteiger partial charge in [0.25, 0.3) is 0 Å². The van der Waals surface area contributed by atoms with Gasteiger partial charge in [-0.25, -0.2) is 0 Å². The van der Waals surface area contributed by atoms with Crippen LogP contribution in [0.25, 0.3) is 0 Å². The maximum Gasteiger partial charge on any atom is 0.234 e. The molecule has 0 saturated heterocycles. The van der Waals surface area contributed by atoms with Crippen molar-refractivity contribution < 1.29 is 14.3 Å². The zero-order valence-electron chi connectivity index (χ0n) is 19.5. The fourth-order valence-corrected chi connectivity index (χ4v) is 4.81. The molecule has 0 saturated carbocycles. The van der Waals surface area contributed by atoms with Crippen LogP contribution in [-0.4, -0.2) is 32.5 Å². The predicted octanol–water partition coefficient (Wildman–Crippen LogP) is 4.71. The molecule has 0 bridgehead atoms. The monoisotopic (exact) mass is 486 g/mol. The number of nitrogens with zero attached hydrogens (tertiary/aromatic N) is 3. The number of benzene rings is 3. The Morgan fingerprint density at radius 3 is 2.20 bits per heavy atom. The minimum absolute atomic E-state index is 0.0802. The second-order valence-electron chi connectivity index (χ2n) is 8.29. The maximum absolute atomic E-state index is 13.2. The molecular weight excluding hydrogens is 460 g/mol. The molecule has 7 nitrogen and oxygen atoms in total. The van der Waals surface area contributed by atoms with Gasteiger partial charge < -0.3 is 19.4 Å². The van der Waals surface area contributed by atoms with E-state index in [4.69, 9.17) is 9.47 Å². The first-order valence-corrected chi connectivity index (χ1v) is 12.3. The second kappa shape index (κ2) is 10.2. The van der Waals surface area contributed by atoms with E-state index in [0.29, 0.717) is 23.3 Å². The van der Waals surface area contributed by atoms with Gasteiger partial charge in [0, 0.05) is 7.05 Å². The number of amides is 1. The quantitative estimate of drug-likeness (QED) is 0.381. The Bertz CT molecular complexity index is 1260. The predicted molar refractivity (Wildman–Crippen MR) is 134 cm³/mol. The molecule has 1 amide bonds. The van der Waals surface area contributed by atoms with Crippen molar-refractivity contribution in [1.82, 2.24) is 20.1 Å². The third-order valence-corrected chi connectivity index (χ3v) is 7.00. The van der Waals surface area contributed by atoms with Crippen LogP contribution in [0.4, 0.5) is 0 Å². The van der Waals surface area contributed by atoms with Gasteiger partial charge in [-0.2, -0.15) is 0 Å². The van der Waals surface area contributed by atoms with Crippen LogP contribution in [0, 0.1) is 0 Å². The van der Waals surface area contributed by atoms with E-state index < -0.39 is 0 Å². The third-order valence-electron chi connectivity index (χ3n) is 5.87. The summed E-state index contributed by atoms with van der Waals surface area (Å²) in [5, 5.41) is 12.1. The third kappa shape index (κ3) is 5.02. The lowest BCUT2D eigenvalue weighted by atomic mass is 9.98. The fourth-order valence-electron chi connectivity index (χ4n) is 3.98. The Hall–Kier alpha value is -3.78. The number of para-hydroxylation sites is 2. The molecule has 1 aliphatic rings. The summed E-state index contributed by atoms with van der Waals surface area (Å²) in [5.41, 5.74) is 2.06. The number of thioether (sulfide) groups is 1. The first-order valence-electron chi connectivity index (χ1n) is 11.4. The average molecular weight is 487 g/mol. The molecule has 0 aliphatic carbocycles. The zero-order chi connectivity index (χ0) is 24.2. The van der Waals surface area contributed by atoms with Crippen molar-refractivity contribution in [3.63, 3.8) is 0 Å². The lowest BCUT2D eigenvalue weighted by molar-refractivity contribution is -0.120. The van der Waals surface area contributed by atoms with E-state index in [9.17, 15) is 4.79 Å². The van der Waals surface area contributed by atoms with Gasteiger partial charge in [0.1, 0.15) is 6.61 Å². The van der Waals surface area contributed by atoms with Gasteiger partial charge in [0.2, 0.25) is 5.91 Å². The second-order valence-corrected chi connectivity index (χ2v) is 9.60. The van der Waals surface area contributed by atoms with Gasteiger partial charge in [-0.15, -0.1) is 10.2 Å². The molecule has 0 spiro atoms. The number of ether oxygens (including phenoxy) is 2. The van der Waals surface area contributed by atoms with Crippen LogP contribution in [0.5, 0.6) is 11.5 Å². The number of fused-ring (bicyclic) bond motifs is 1. The molecule has 0 fully saturated rings. The van der Waals surface area contributed by atoms with Crippen molar-refractivity contribution in [1.29, 1.82) is 0 Å². The SMILES string of the molecule is CC(Sc1nnc(C2COc3ccccc3O2)n1C)C(=O)NC(c1ccccc1)c1ccccc1. The summed E-state index contributed by atoms with van der Waals surface area (Å²) in [7, 11) is 1.88. The molecule has 1 N–H and O–H groups in total. The Labute approximate surface area is 208 Å². The van der Waals surface area contributed by atoms with Crippen LogP contribution in [0.15, 0.2) is 90.1 Å². The van der Waals surface area contributed by atoms with Crippen LogP contribution < -0.4 is 14.8 Å². The van der Waals surface area contributed by atoms with E-state index in [0.717, 1.165) is 16.9 Å². The van der Waals surface area contributed by atoms with Crippen molar-refractivity contribution in [2.24, 2.45) is 7.05 Å². The number of hydrogen-bond acceptors (Lipinski definition) is 6. The Kier molecular flexibility index (Phi) is 6.72. The highest BCUT2D eigenvalue weighted by atomic mass is 32.2. The summed E-state index contributed by atoms with van der Waals surface area (Å²) in [4.78, 5) is 13.2. The molecule has 8 heteroatoms. The highest BCUT2D eigenvalue weighted by molar-refractivity contribution is 8.00. The molecule has 3 aromatic carbocycles. The number of hydrogen-bond donors (Lipinski definition) is 1. The van der Waals surface area contributed by atoms with Gasteiger partial charge in [-0.1, -0.05) is 84.6 Å². The van der Waals surface area contributed by atoms with Crippen molar-refractivity contribution in [2.45, 2.75) is 29.5 Å². The maximum atomic E-state index is 13.2. The van der Waals surface area contributed by atoms with Crippen LogP contribution in [0.1, 0.15) is 36.0 Å². The van der Waals surface area contributed by atoms with Crippen molar-refractivity contribution in [3.8, 4) is 11.5 Å². The lowest BCUT2D eigenvalue weighted by Gasteiger charge is -2.25. The van der Waals surface area contributed by atoms with Gasteiger partial charge in [-0.3, -0.25) is 4.79 Å². The highest BCUT2D eigenvalue weighted by Crippen LogP contribution is 2.36. The fraction of sp³-hybridized carbons (Fsp3) is 0.222. The zero-order valence-corrected chi connectivity index (χ0v) is 20.3. The Balaban J connectivity index is 1.29. The van der Waals surface area contributed by atoms with E-state index in [-0.39, 0.29) is 23.3 Å². The van der Waals surface area contributed by atoms with Gasteiger partial charge in [-0.05, 0) is 30.2 Å². The molecule has 1 aromatic heterocycles. The first kappa shape index (κ1) is 23.0. The Morgan fingerprint density at radius 1 is 0.943 bits per heavy atom. The number of carbonyl (C=O) groups is 1. The van der Waals surface area contributed by atoms with E-state index in [2.05, 4.69) is 15.5 Å². The van der Waals surface area contributed by atoms with Crippen LogP contribution >= 0.6 is 11.8 Å². The van der Waals surface area contributed by atoms with E-state index in [1.165, 1.54) is 11.8 Å². The Morgan fingerprint density at radius 2 is 1.54 bits per heavy atom. The molecule has 2 unspecified atom stereocenters. The molecule has 5 rings (SSSR count). The van der Waals surface area contributed by atoms with E-state index >= 15 is 0 Å². The van der Waals surface area contributed by atoms with Crippen molar-refractivity contribution in [2.75, 3.05) is 6.61 Å². The number of carbonyl (C=O) groups excluding carboxylic acids is 1. The summed E-state index contributed by atoms with van der Waals surface area (Å²) in [6.45, 7) is 2.22. The van der Waals surface area contributed by atoms with Crippen LogP contribution in [0.2, 0.25) is 0 Å². The summed E-state index contributed by atoms with van der Waals surface area (Å²) in [6, 6.07) is 27.3. The van der Waals surface area contributed by atoms with Crippen LogP contribution in [0.3, 0.4) is 0 Å². The summed E-state index contributed by atoms with van der Waals surface area (Å²) in [6.07, 6.45) is -0.374. The summed E-state index contributed by atoms with van der Waals surface area (Å²) >= 11 is 1.36. The smallest absolute Gasteiger partial charge is 0.234 e. The number of aromatic nitrogens is 3. The highest BCUT2D eigenvalue weighted by Gasteiger charge is 2.29. The largest absolute Gasteiger partial charge is 0.485 e. The molecule has 2 atom stereocenters. The summed E-state index contributed by atoms with van der Waals surface area (Å²) < 4.78 is 13.8. The minimum atomic E-state index is -0.384. The molecule has 4 aromatic rings. The van der Waals surface area contributed by atoms with Gasteiger partial charge >= 0.3 is 0 Å².